The molecule has 1 aromatic rings. The van der Waals surface area contributed by atoms with Crippen molar-refractivity contribution in [2.45, 2.75) is 26.4 Å². The molecule has 0 aliphatic rings. The average Bonchev–Trinajstić information content (AvgIpc) is 2.57. The van der Waals surface area contributed by atoms with Gasteiger partial charge in [0.1, 0.15) is 0 Å². The van der Waals surface area contributed by atoms with Crippen molar-refractivity contribution in [1.82, 2.24) is 14.5 Å². The van der Waals surface area contributed by atoms with Crippen molar-refractivity contribution in [2.24, 2.45) is 0 Å². The lowest BCUT2D eigenvalue weighted by Crippen LogP contribution is -2.28. The van der Waals surface area contributed by atoms with Crippen molar-refractivity contribution < 1.29 is 0 Å². The third-order valence-corrected chi connectivity index (χ3v) is 2.14. The summed E-state index contributed by atoms with van der Waals surface area (Å²) in [6, 6.07) is 0. The Balaban J connectivity index is 2.48. The molecule has 0 saturated carbocycles. The van der Waals surface area contributed by atoms with E-state index in [9.17, 15) is 4.79 Å². The largest absolute Gasteiger partial charge is 0.328 e. The number of rotatable bonds is 6. The van der Waals surface area contributed by atoms with E-state index in [-0.39, 0.29) is 5.69 Å². The van der Waals surface area contributed by atoms with Crippen LogP contribution in [-0.4, -0.2) is 22.2 Å². The highest BCUT2D eigenvalue weighted by Crippen LogP contribution is 1.87. The fourth-order valence-corrected chi connectivity index (χ4v) is 1.39. The topological polar surface area (TPSA) is 39.0 Å². The van der Waals surface area contributed by atoms with Crippen molar-refractivity contribution in [1.29, 1.82) is 0 Å². The maximum atomic E-state index is 11.7. The number of hydrogen-bond acceptors (Lipinski definition) is 2. The molecule has 0 amide bonds. The molecule has 0 spiro atoms. The minimum Gasteiger partial charge on any atom is -0.304 e. The zero-order valence-corrected chi connectivity index (χ0v) is 9.07. The number of nitrogens with one attached hydrogen (secondary N) is 1. The van der Waals surface area contributed by atoms with Gasteiger partial charge in [-0.2, -0.15) is 0 Å². The van der Waals surface area contributed by atoms with E-state index in [0.717, 1.165) is 19.5 Å². The van der Waals surface area contributed by atoms with Crippen molar-refractivity contribution >= 4 is 0 Å². The third-order valence-electron chi connectivity index (χ3n) is 2.14. The van der Waals surface area contributed by atoms with Crippen molar-refractivity contribution in [2.75, 3.05) is 13.1 Å². The second kappa shape index (κ2) is 6.10. The Morgan fingerprint density at radius 3 is 2.67 bits per heavy atom. The predicted molar refractivity (Wildman–Crippen MR) is 60.7 cm³/mol. The standard InChI is InChI=1S/C11H17N3O/c1-3-5-12-6-8-14-10-9-13(7-4-2)11(14)15/h1,9-10,12H,4-8H2,2H3. The van der Waals surface area contributed by atoms with Gasteiger partial charge in [0.25, 0.3) is 0 Å². The van der Waals surface area contributed by atoms with Gasteiger partial charge in [0.05, 0.1) is 6.54 Å². The van der Waals surface area contributed by atoms with Crippen molar-refractivity contribution in [3.8, 4) is 12.3 Å². The van der Waals surface area contributed by atoms with Crippen molar-refractivity contribution in [3.05, 3.63) is 22.9 Å². The fourth-order valence-electron chi connectivity index (χ4n) is 1.39. The first-order valence-corrected chi connectivity index (χ1v) is 5.19. The van der Waals surface area contributed by atoms with E-state index in [1.807, 2.05) is 12.4 Å². The lowest BCUT2D eigenvalue weighted by atomic mass is 10.5. The summed E-state index contributed by atoms with van der Waals surface area (Å²) < 4.78 is 3.42. The molecule has 0 unspecified atom stereocenters. The van der Waals surface area contributed by atoms with Crippen LogP contribution in [0, 0.1) is 12.3 Å². The Morgan fingerprint density at radius 2 is 2.07 bits per heavy atom. The van der Waals surface area contributed by atoms with E-state index in [1.165, 1.54) is 0 Å². The molecule has 1 aromatic heterocycles. The summed E-state index contributed by atoms with van der Waals surface area (Å²) in [7, 11) is 0. The van der Waals surface area contributed by atoms with Gasteiger partial charge in [-0.05, 0) is 6.42 Å². The molecule has 0 fully saturated rings. The van der Waals surface area contributed by atoms with Gasteiger partial charge in [-0.3, -0.25) is 9.13 Å². The quantitative estimate of drug-likeness (QED) is 0.537. The van der Waals surface area contributed by atoms with Gasteiger partial charge >= 0.3 is 5.69 Å². The summed E-state index contributed by atoms with van der Waals surface area (Å²) in [5.41, 5.74) is 0.0550. The van der Waals surface area contributed by atoms with Crippen LogP contribution in [0.25, 0.3) is 0 Å². The molecule has 15 heavy (non-hydrogen) atoms. The van der Waals surface area contributed by atoms with E-state index >= 15 is 0 Å². The molecular weight excluding hydrogens is 190 g/mol. The van der Waals surface area contributed by atoms with Crippen LogP contribution in [0.3, 0.4) is 0 Å². The van der Waals surface area contributed by atoms with Gasteiger partial charge in [-0.1, -0.05) is 12.8 Å². The number of terminal acetylenes is 1. The van der Waals surface area contributed by atoms with E-state index in [2.05, 4.69) is 18.2 Å². The second-order valence-corrected chi connectivity index (χ2v) is 3.35. The van der Waals surface area contributed by atoms with Crippen LogP contribution >= 0.6 is 0 Å². The molecule has 0 saturated heterocycles. The smallest absolute Gasteiger partial charge is 0.304 e. The van der Waals surface area contributed by atoms with Crippen LogP contribution in [0.5, 0.6) is 0 Å². The Hall–Kier alpha value is -1.47. The van der Waals surface area contributed by atoms with Gasteiger partial charge in [0, 0.05) is 32.0 Å². The molecule has 1 rings (SSSR count). The molecule has 4 heteroatoms. The molecule has 0 aromatic carbocycles. The molecule has 82 valence electrons. The maximum Gasteiger partial charge on any atom is 0.328 e. The van der Waals surface area contributed by atoms with Gasteiger partial charge in [-0.15, -0.1) is 6.42 Å². The van der Waals surface area contributed by atoms with E-state index in [1.54, 1.807) is 9.13 Å². The molecule has 0 aliphatic carbocycles. The lowest BCUT2D eigenvalue weighted by Gasteiger charge is -2.01. The second-order valence-electron chi connectivity index (χ2n) is 3.35. The highest BCUT2D eigenvalue weighted by Gasteiger charge is 2.00. The summed E-state index contributed by atoms with van der Waals surface area (Å²) in [6.45, 7) is 4.77. The number of aryl methyl sites for hydroxylation is 1. The van der Waals surface area contributed by atoms with Crippen LogP contribution in [0.1, 0.15) is 13.3 Å². The zero-order valence-electron chi connectivity index (χ0n) is 9.07. The molecule has 0 atom stereocenters. The maximum absolute atomic E-state index is 11.7. The van der Waals surface area contributed by atoms with E-state index < -0.39 is 0 Å². The molecule has 4 nitrogen and oxygen atoms in total. The molecule has 0 aliphatic heterocycles. The van der Waals surface area contributed by atoms with Gasteiger partial charge < -0.3 is 5.32 Å². The summed E-state index contributed by atoms with van der Waals surface area (Å²) in [5.74, 6) is 2.49. The number of aromatic nitrogens is 2. The van der Waals surface area contributed by atoms with E-state index in [0.29, 0.717) is 13.1 Å². The minimum absolute atomic E-state index is 0.0550. The fraction of sp³-hybridized carbons (Fsp3) is 0.545. The highest BCUT2D eigenvalue weighted by molar-refractivity contribution is 4.87. The first-order chi connectivity index (χ1) is 7.29. The predicted octanol–water partition coefficient (Wildman–Crippen LogP) is 0.283. The first kappa shape index (κ1) is 11.6. The van der Waals surface area contributed by atoms with Crippen LogP contribution < -0.4 is 11.0 Å². The Kier molecular flexibility index (Phi) is 4.72. The molecule has 0 bridgehead atoms. The number of nitrogens with zero attached hydrogens (tertiary/aromatic N) is 2. The molecule has 1 heterocycles. The molecular formula is C11H17N3O. The minimum atomic E-state index is 0.0550. The lowest BCUT2D eigenvalue weighted by molar-refractivity contribution is 0.578. The van der Waals surface area contributed by atoms with Gasteiger partial charge in [-0.25, -0.2) is 4.79 Å². The number of hydrogen-bond donors (Lipinski definition) is 1. The average molecular weight is 207 g/mol. The first-order valence-electron chi connectivity index (χ1n) is 5.19. The van der Waals surface area contributed by atoms with Crippen molar-refractivity contribution in [3.63, 3.8) is 0 Å². The van der Waals surface area contributed by atoms with Crippen LogP contribution in [0.15, 0.2) is 17.2 Å². The van der Waals surface area contributed by atoms with Crippen LogP contribution in [0.4, 0.5) is 0 Å². The Morgan fingerprint density at radius 1 is 1.40 bits per heavy atom. The van der Waals surface area contributed by atoms with Gasteiger partial charge in [0.2, 0.25) is 0 Å². The number of imidazole rings is 1. The Bertz CT molecular complexity index is 383. The normalized spacial score (nSPS) is 10.1. The highest BCUT2D eigenvalue weighted by atomic mass is 16.1. The summed E-state index contributed by atoms with van der Waals surface area (Å²) in [5, 5.41) is 3.05. The van der Waals surface area contributed by atoms with Crippen LogP contribution in [0.2, 0.25) is 0 Å². The summed E-state index contributed by atoms with van der Waals surface area (Å²) in [6.07, 6.45) is 9.71. The third kappa shape index (κ3) is 3.30. The van der Waals surface area contributed by atoms with Crippen LogP contribution in [-0.2, 0) is 13.1 Å². The molecule has 1 N–H and O–H groups in total. The summed E-state index contributed by atoms with van der Waals surface area (Å²) in [4.78, 5) is 11.7. The van der Waals surface area contributed by atoms with Gasteiger partial charge in [0.15, 0.2) is 0 Å². The Labute approximate surface area is 89.9 Å². The monoisotopic (exact) mass is 207 g/mol. The summed E-state index contributed by atoms with van der Waals surface area (Å²) >= 11 is 0. The zero-order chi connectivity index (χ0) is 11.1. The SMILES string of the molecule is C#CCNCCn1ccn(CCC)c1=O. The van der Waals surface area contributed by atoms with E-state index in [4.69, 9.17) is 6.42 Å². The molecule has 0 radical (unpaired) electrons.